The third-order valence-corrected chi connectivity index (χ3v) is 7.41. The number of aromatic hydroxyl groups is 1. The van der Waals surface area contributed by atoms with Gasteiger partial charge in [0.05, 0.1) is 5.69 Å². The van der Waals surface area contributed by atoms with Gasteiger partial charge >= 0.3 is 6.03 Å². The maximum absolute atomic E-state index is 13.0. The van der Waals surface area contributed by atoms with Crippen LogP contribution in [-0.4, -0.2) is 22.8 Å². The van der Waals surface area contributed by atoms with Crippen molar-refractivity contribution in [2.75, 3.05) is 10.2 Å². The van der Waals surface area contributed by atoms with Crippen molar-refractivity contribution in [2.45, 2.75) is 6.92 Å². The first-order chi connectivity index (χ1) is 22.9. The molecule has 0 unspecified atom stereocenters. The second-order valence-electron chi connectivity index (χ2n) is 10.6. The van der Waals surface area contributed by atoms with Gasteiger partial charge in [-0.3, -0.25) is 14.9 Å². The number of phenolic OH excluding ortho intramolecular Hbond substituents is 1. The molecular weight excluding hydrogens is 590 g/mol. The summed E-state index contributed by atoms with van der Waals surface area (Å²) in [5.74, 6) is -0.733. The maximum atomic E-state index is 13.0. The Hall–Kier alpha value is -6.61. The Balaban J connectivity index is 1.14. The number of para-hydroxylation sites is 2. The number of azo groups is 1. The number of rotatable bonds is 8. The molecule has 47 heavy (non-hydrogen) atoms. The molecule has 0 fully saturated rings. The molecular formula is C38H29N5O4. The van der Waals surface area contributed by atoms with Crippen molar-refractivity contribution in [1.82, 2.24) is 5.32 Å². The van der Waals surface area contributed by atoms with E-state index < -0.39 is 11.9 Å². The number of anilines is 4. The van der Waals surface area contributed by atoms with Crippen molar-refractivity contribution in [3.05, 3.63) is 151 Å². The van der Waals surface area contributed by atoms with Crippen molar-refractivity contribution < 1.29 is 19.5 Å². The molecule has 3 amide bonds. The molecule has 0 radical (unpaired) electrons. The van der Waals surface area contributed by atoms with Crippen LogP contribution >= 0.6 is 0 Å². The van der Waals surface area contributed by atoms with E-state index in [1.165, 1.54) is 13.0 Å². The number of carbonyl (C=O) groups excluding carboxylic acids is 3. The van der Waals surface area contributed by atoms with Crippen molar-refractivity contribution in [2.24, 2.45) is 10.2 Å². The zero-order valence-corrected chi connectivity index (χ0v) is 25.3. The second-order valence-corrected chi connectivity index (χ2v) is 10.6. The number of Topliss-reactive ketones (excluding diaryl/α,β-unsaturated/α-hetero) is 1. The van der Waals surface area contributed by atoms with Gasteiger partial charge in [-0.25, -0.2) is 4.79 Å². The molecule has 0 atom stereocenters. The Morgan fingerprint density at radius 3 is 1.85 bits per heavy atom. The first-order valence-electron chi connectivity index (χ1n) is 14.8. The SMILES string of the molecule is CC(=O)c1ccc(N=Nc2c(O)ccc3cc(C(=O)NC(=O)Nc4ccc(N(c5ccccc5)c5ccccc5)cc4)ccc23)cc1. The zero-order chi connectivity index (χ0) is 32.8. The van der Waals surface area contributed by atoms with E-state index in [1.807, 2.05) is 72.8 Å². The number of nitrogens with one attached hydrogen (secondary N) is 2. The molecule has 3 N–H and O–H groups in total. The van der Waals surface area contributed by atoms with E-state index in [4.69, 9.17) is 0 Å². The summed E-state index contributed by atoms with van der Waals surface area (Å²) in [6.45, 7) is 1.48. The molecule has 0 aliphatic rings. The van der Waals surface area contributed by atoms with Gasteiger partial charge in [-0.05, 0) is 103 Å². The van der Waals surface area contributed by atoms with Crippen molar-refractivity contribution in [1.29, 1.82) is 0 Å². The lowest BCUT2D eigenvalue weighted by Gasteiger charge is -2.25. The lowest BCUT2D eigenvalue weighted by atomic mass is 10.0. The van der Waals surface area contributed by atoms with Crippen molar-refractivity contribution in [3.63, 3.8) is 0 Å². The molecule has 9 heteroatoms. The third-order valence-electron chi connectivity index (χ3n) is 7.41. The van der Waals surface area contributed by atoms with Crippen LogP contribution in [0.1, 0.15) is 27.6 Å². The number of phenols is 1. The van der Waals surface area contributed by atoms with Gasteiger partial charge in [-0.2, -0.15) is 5.11 Å². The number of hydrogen-bond acceptors (Lipinski definition) is 7. The van der Waals surface area contributed by atoms with Gasteiger partial charge in [0.1, 0.15) is 11.4 Å². The second kappa shape index (κ2) is 13.6. The van der Waals surface area contributed by atoms with E-state index in [2.05, 4.69) is 25.8 Å². The highest BCUT2D eigenvalue weighted by Crippen LogP contribution is 2.37. The quantitative estimate of drug-likeness (QED) is 0.116. The standard InChI is InChI=1S/C38H29N5O4/c1-25(44)26-12-16-30(17-13-26)41-42-36-34-22-14-28(24-27(34)15-23-35(36)45)37(46)40-38(47)39-29-18-20-33(21-19-29)43(31-8-4-2-5-9-31)32-10-6-3-7-11-32/h2-24,45H,1H3,(H2,39,40,46,47). The number of imide groups is 1. The number of nitrogens with zero attached hydrogens (tertiary/aromatic N) is 3. The predicted molar refractivity (Wildman–Crippen MR) is 184 cm³/mol. The molecule has 9 nitrogen and oxygen atoms in total. The number of carbonyl (C=O) groups is 3. The normalized spacial score (nSPS) is 10.9. The minimum Gasteiger partial charge on any atom is -0.506 e. The Kier molecular flexibility index (Phi) is 8.79. The van der Waals surface area contributed by atoms with E-state index >= 15 is 0 Å². The number of fused-ring (bicyclic) bond motifs is 1. The Morgan fingerprint density at radius 2 is 1.23 bits per heavy atom. The van der Waals surface area contributed by atoms with Crippen LogP contribution in [-0.2, 0) is 0 Å². The number of ketones is 1. The molecule has 0 bridgehead atoms. The first kappa shape index (κ1) is 30.4. The molecule has 6 aromatic rings. The Morgan fingerprint density at radius 1 is 0.638 bits per heavy atom. The average molecular weight is 620 g/mol. The highest BCUT2D eigenvalue weighted by molar-refractivity contribution is 6.10. The van der Waals surface area contributed by atoms with Crippen molar-refractivity contribution >= 4 is 62.6 Å². The van der Waals surface area contributed by atoms with Gasteiger partial charge in [-0.1, -0.05) is 48.5 Å². The summed E-state index contributed by atoms with van der Waals surface area (Å²) in [6.07, 6.45) is 0. The van der Waals surface area contributed by atoms with Crippen LogP contribution < -0.4 is 15.5 Å². The predicted octanol–water partition coefficient (Wildman–Crippen LogP) is 9.60. The Bertz CT molecular complexity index is 2060. The van der Waals surface area contributed by atoms with E-state index in [0.29, 0.717) is 27.7 Å². The van der Waals surface area contributed by atoms with Gasteiger partial charge in [0.15, 0.2) is 5.78 Å². The minimum atomic E-state index is -0.679. The molecule has 0 saturated heterocycles. The molecule has 6 aromatic carbocycles. The van der Waals surface area contributed by atoms with Crippen LogP contribution in [0.4, 0.5) is 38.9 Å². The van der Waals surface area contributed by atoms with Gasteiger partial charge in [0, 0.05) is 39.3 Å². The summed E-state index contributed by atoms with van der Waals surface area (Å²) in [6, 6.07) is 41.1. The van der Waals surface area contributed by atoms with E-state index in [-0.39, 0.29) is 22.8 Å². The fraction of sp³-hybridized carbons (Fsp3) is 0.0263. The topological polar surface area (TPSA) is 123 Å². The number of amides is 3. The lowest BCUT2D eigenvalue weighted by Crippen LogP contribution is -2.34. The van der Waals surface area contributed by atoms with Gasteiger partial charge in [-0.15, -0.1) is 5.11 Å². The summed E-state index contributed by atoms with van der Waals surface area (Å²) >= 11 is 0. The smallest absolute Gasteiger partial charge is 0.326 e. The van der Waals surface area contributed by atoms with Crippen LogP contribution in [0.2, 0.25) is 0 Å². The van der Waals surface area contributed by atoms with E-state index in [1.54, 1.807) is 60.7 Å². The summed E-state index contributed by atoms with van der Waals surface area (Å²) in [5.41, 5.74) is 4.93. The molecule has 0 aliphatic heterocycles. The van der Waals surface area contributed by atoms with E-state index in [0.717, 1.165) is 17.1 Å². The van der Waals surface area contributed by atoms with Crippen LogP contribution in [0.5, 0.6) is 5.75 Å². The highest BCUT2D eigenvalue weighted by atomic mass is 16.3. The lowest BCUT2D eigenvalue weighted by molar-refractivity contribution is 0.0965. The molecule has 0 saturated carbocycles. The largest absolute Gasteiger partial charge is 0.506 e. The summed E-state index contributed by atoms with van der Waals surface area (Å²) < 4.78 is 0. The van der Waals surface area contributed by atoms with Crippen molar-refractivity contribution in [3.8, 4) is 5.75 Å². The third kappa shape index (κ3) is 7.05. The molecule has 0 spiro atoms. The monoisotopic (exact) mass is 619 g/mol. The molecule has 230 valence electrons. The fourth-order valence-electron chi connectivity index (χ4n) is 5.05. The van der Waals surface area contributed by atoms with E-state index in [9.17, 15) is 19.5 Å². The zero-order valence-electron chi connectivity index (χ0n) is 25.3. The Labute approximate surface area is 270 Å². The minimum absolute atomic E-state index is 0.0544. The van der Waals surface area contributed by atoms with Gasteiger partial charge < -0.3 is 15.3 Å². The molecule has 0 aliphatic carbocycles. The van der Waals surface area contributed by atoms with Crippen LogP contribution in [0.15, 0.2) is 150 Å². The highest BCUT2D eigenvalue weighted by Gasteiger charge is 2.15. The summed E-state index contributed by atoms with van der Waals surface area (Å²) in [4.78, 5) is 39.4. The van der Waals surface area contributed by atoms with Crippen LogP contribution in [0.25, 0.3) is 10.8 Å². The number of urea groups is 1. The summed E-state index contributed by atoms with van der Waals surface area (Å²) in [7, 11) is 0. The van der Waals surface area contributed by atoms with Gasteiger partial charge in [0.25, 0.3) is 5.91 Å². The molecule has 0 aromatic heterocycles. The van der Waals surface area contributed by atoms with Crippen LogP contribution in [0.3, 0.4) is 0 Å². The molecule has 6 rings (SSSR count). The average Bonchev–Trinajstić information content (AvgIpc) is 3.09. The van der Waals surface area contributed by atoms with Crippen LogP contribution in [0, 0.1) is 0 Å². The fourth-order valence-corrected chi connectivity index (χ4v) is 5.05. The molecule has 0 heterocycles. The summed E-state index contributed by atoms with van der Waals surface area (Å²) in [5, 5.41) is 25.2. The number of benzene rings is 6. The maximum Gasteiger partial charge on any atom is 0.326 e. The first-order valence-corrected chi connectivity index (χ1v) is 14.8. The number of hydrogen-bond donors (Lipinski definition) is 3. The van der Waals surface area contributed by atoms with Gasteiger partial charge in [0.2, 0.25) is 0 Å².